The van der Waals surface area contributed by atoms with E-state index in [2.05, 4.69) is 20.9 Å². The quantitative estimate of drug-likeness (QED) is 0.277. The normalized spacial score (nSPS) is 11.9. The zero-order chi connectivity index (χ0) is 22.9. The number of thiazole rings is 1. The number of para-hydroxylation sites is 1. The van der Waals surface area contributed by atoms with Gasteiger partial charge in [-0.1, -0.05) is 51.5 Å². The first-order valence-corrected chi connectivity index (χ1v) is 12.4. The summed E-state index contributed by atoms with van der Waals surface area (Å²) in [4.78, 5) is 36.1. The predicted molar refractivity (Wildman–Crippen MR) is 134 cm³/mol. The first kappa shape index (κ1) is 21.7. The smallest absolute Gasteiger partial charge is 0.325 e. The van der Waals surface area contributed by atoms with Gasteiger partial charge in [-0.25, -0.2) is 4.98 Å². The van der Waals surface area contributed by atoms with Gasteiger partial charge in [0.15, 0.2) is 4.80 Å². The van der Waals surface area contributed by atoms with Gasteiger partial charge in [-0.15, -0.1) is 11.3 Å². The molecule has 0 atom stereocenters. The molecule has 164 valence electrons. The van der Waals surface area contributed by atoms with Crippen LogP contribution >= 0.6 is 38.6 Å². The van der Waals surface area contributed by atoms with Gasteiger partial charge < -0.3 is 9.30 Å². The van der Waals surface area contributed by atoms with Crippen LogP contribution in [0.15, 0.2) is 75.5 Å². The molecule has 1 amide bonds. The van der Waals surface area contributed by atoms with Gasteiger partial charge in [0.05, 0.1) is 39.0 Å². The van der Waals surface area contributed by atoms with E-state index in [0.29, 0.717) is 10.4 Å². The summed E-state index contributed by atoms with van der Waals surface area (Å²) in [6.45, 7) is -0.0399. The van der Waals surface area contributed by atoms with Crippen LogP contribution in [0.5, 0.6) is 0 Å². The lowest BCUT2D eigenvalue weighted by Gasteiger charge is -2.07. The Labute approximate surface area is 204 Å². The topological polar surface area (TPSA) is 73.6 Å². The number of fused-ring (bicyclic) bond motifs is 2. The van der Waals surface area contributed by atoms with Gasteiger partial charge in [-0.2, -0.15) is 4.99 Å². The van der Waals surface area contributed by atoms with Crippen molar-refractivity contribution in [2.45, 2.75) is 6.54 Å². The van der Waals surface area contributed by atoms with E-state index < -0.39 is 11.9 Å². The van der Waals surface area contributed by atoms with Gasteiger partial charge in [0.25, 0.3) is 5.91 Å². The Bertz CT molecular complexity index is 1590. The van der Waals surface area contributed by atoms with E-state index in [1.807, 2.05) is 60.0 Å². The van der Waals surface area contributed by atoms with E-state index in [4.69, 9.17) is 9.72 Å². The van der Waals surface area contributed by atoms with E-state index >= 15 is 0 Å². The van der Waals surface area contributed by atoms with Crippen molar-refractivity contribution in [3.63, 3.8) is 0 Å². The third-order valence-corrected chi connectivity index (χ3v) is 7.50. The number of aromatic nitrogens is 2. The van der Waals surface area contributed by atoms with Gasteiger partial charge in [-0.05, 0) is 41.8 Å². The molecule has 0 aliphatic rings. The SMILES string of the molecule is COC(=O)Cn1c(=NC(=O)c2cc(-c3cccs3)nc3ccccc23)sc2cc(Br)ccc21. The summed E-state index contributed by atoms with van der Waals surface area (Å²) in [5.41, 5.74) is 2.72. The number of esters is 1. The lowest BCUT2D eigenvalue weighted by atomic mass is 10.1. The molecule has 5 rings (SSSR count). The standard InChI is InChI=1S/C24H16BrN3O3S2/c1-31-22(29)13-28-19-9-8-14(25)11-21(19)33-24(28)27-23(30)16-12-18(20-7-4-10-32-20)26-17-6-3-2-5-15(16)17/h2-12H,13H2,1H3. The molecule has 5 aromatic rings. The first-order valence-electron chi connectivity index (χ1n) is 9.92. The van der Waals surface area contributed by atoms with Crippen molar-refractivity contribution in [1.29, 1.82) is 0 Å². The highest BCUT2D eigenvalue weighted by molar-refractivity contribution is 9.10. The first-order chi connectivity index (χ1) is 16.0. The summed E-state index contributed by atoms with van der Waals surface area (Å²) in [5.74, 6) is -0.809. The number of benzene rings is 2. The third kappa shape index (κ3) is 4.27. The molecule has 0 saturated carbocycles. The van der Waals surface area contributed by atoms with E-state index in [1.165, 1.54) is 18.4 Å². The average Bonchev–Trinajstić information content (AvgIpc) is 3.47. The van der Waals surface area contributed by atoms with Crippen LogP contribution in [-0.4, -0.2) is 28.5 Å². The van der Waals surface area contributed by atoms with Crippen LogP contribution in [-0.2, 0) is 16.1 Å². The highest BCUT2D eigenvalue weighted by atomic mass is 79.9. The number of halogens is 1. The Morgan fingerprint density at radius 2 is 1.97 bits per heavy atom. The van der Waals surface area contributed by atoms with Gasteiger partial charge in [-0.3, -0.25) is 9.59 Å². The van der Waals surface area contributed by atoms with Crippen LogP contribution in [0.4, 0.5) is 0 Å². The molecular formula is C24H16BrN3O3S2. The highest BCUT2D eigenvalue weighted by Gasteiger charge is 2.16. The number of pyridine rings is 1. The number of methoxy groups -OCH3 is 1. The molecule has 0 aliphatic heterocycles. The zero-order valence-electron chi connectivity index (χ0n) is 17.3. The number of carbonyl (C=O) groups excluding carboxylic acids is 2. The number of amides is 1. The molecule has 0 radical (unpaired) electrons. The molecule has 0 N–H and O–H groups in total. The second kappa shape index (κ2) is 9.01. The van der Waals surface area contributed by atoms with Crippen LogP contribution < -0.4 is 4.80 Å². The maximum atomic E-state index is 13.5. The lowest BCUT2D eigenvalue weighted by molar-refractivity contribution is -0.141. The molecule has 0 unspecified atom stereocenters. The molecule has 0 saturated heterocycles. The summed E-state index contributed by atoms with van der Waals surface area (Å²) >= 11 is 6.38. The Morgan fingerprint density at radius 3 is 2.76 bits per heavy atom. The maximum absolute atomic E-state index is 13.5. The van der Waals surface area contributed by atoms with Gasteiger partial charge in [0.2, 0.25) is 0 Å². The molecular weight excluding hydrogens is 522 g/mol. The molecule has 9 heteroatoms. The van der Waals surface area contributed by atoms with Crippen LogP contribution in [0.1, 0.15) is 10.4 Å². The minimum absolute atomic E-state index is 0.0399. The highest BCUT2D eigenvalue weighted by Crippen LogP contribution is 2.28. The minimum Gasteiger partial charge on any atom is -0.468 e. The molecule has 0 fully saturated rings. The van der Waals surface area contributed by atoms with E-state index in [9.17, 15) is 9.59 Å². The fourth-order valence-electron chi connectivity index (χ4n) is 3.53. The van der Waals surface area contributed by atoms with Crippen molar-refractivity contribution in [3.8, 4) is 10.6 Å². The molecule has 0 bridgehead atoms. The largest absolute Gasteiger partial charge is 0.468 e. The summed E-state index contributed by atoms with van der Waals surface area (Å²) in [7, 11) is 1.34. The number of thiophene rings is 1. The second-order valence-corrected chi connectivity index (χ2v) is 10.00. The maximum Gasteiger partial charge on any atom is 0.325 e. The van der Waals surface area contributed by atoms with Crippen LogP contribution in [0.3, 0.4) is 0 Å². The van der Waals surface area contributed by atoms with Crippen molar-refractivity contribution in [2.24, 2.45) is 4.99 Å². The number of nitrogens with zero attached hydrogens (tertiary/aromatic N) is 3. The van der Waals surface area contributed by atoms with Crippen LogP contribution in [0, 0.1) is 0 Å². The van der Waals surface area contributed by atoms with Gasteiger partial charge in [0, 0.05) is 9.86 Å². The fourth-order valence-corrected chi connectivity index (χ4v) is 5.79. The number of carbonyl (C=O) groups is 2. The number of hydrogen-bond donors (Lipinski definition) is 0. The molecule has 3 heterocycles. The minimum atomic E-state index is -0.416. The number of ether oxygens (including phenoxy) is 1. The van der Waals surface area contributed by atoms with Crippen molar-refractivity contribution in [1.82, 2.24) is 9.55 Å². The Hall–Kier alpha value is -3.14. The summed E-state index contributed by atoms with van der Waals surface area (Å²) < 4.78 is 8.37. The van der Waals surface area contributed by atoms with E-state index in [-0.39, 0.29) is 6.54 Å². The number of rotatable bonds is 4. The van der Waals surface area contributed by atoms with E-state index in [0.717, 1.165) is 36.2 Å². The fraction of sp³-hybridized carbons (Fsp3) is 0.0833. The Balaban J connectivity index is 1.70. The number of hydrogen-bond acceptors (Lipinski definition) is 6. The molecule has 6 nitrogen and oxygen atoms in total. The molecule has 0 spiro atoms. The molecule has 3 aromatic heterocycles. The molecule has 33 heavy (non-hydrogen) atoms. The Kier molecular flexibility index (Phi) is 5.92. The monoisotopic (exact) mass is 537 g/mol. The molecule has 0 aliphatic carbocycles. The van der Waals surface area contributed by atoms with Crippen molar-refractivity contribution >= 4 is 71.6 Å². The summed E-state index contributed by atoms with van der Waals surface area (Å²) in [5, 5.41) is 2.71. The second-order valence-electron chi connectivity index (χ2n) is 7.13. The predicted octanol–water partition coefficient (Wildman–Crippen LogP) is 5.66. The lowest BCUT2D eigenvalue weighted by Crippen LogP contribution is -2.22. The van der Waals surface area contributed by atoms with Crippen molar-refractivity contribution < 1.29 is 14.3 Å². The molecule has 2 aromatic carbocycles. The zero-order valence-corrected chi connectivity index (χ0v) is 20.5. The van der Waals surface area contributed by atoms with Crippen LogP contribution in [0.2, 0.25) is 0 Å². The van der Waals surface area contributed by atoms with Crippen molar-refractivity contribution in [3.05, 3.63) is 80.9 Å². The van der Waals surface area contributed by atoms with Crippen LogP contribution in [0.25, 0.3) is 31.7 Å². The van der Waals surface area contributed by atoms with Gasteiger partial charge >= 0.3 is 5.97 Å². The summed E-state index contributed by atoms with van der Waals surface area (Å²) in [6, 6.07) is 19.0. The van der Waals surface area contributed by atoms with Crippen molar-refractivity contribution in [2.75, 3.05) is 7.11 Å². The summed E-state index contributed by atoms with van der Waals surface area (Å²) in [6.07, 6.45) is 0. The Morgan fingerprint density at radius 1 is 1.12 bits per heavy atom. The van der Waals surface area contributed by atoms with Gasteiger partial charge in [0.1, 0.15) is 6.54 Å². The van der Waals surface area contributed by atoms with E-state index in [1.54, 1.807) is 22.0 Å². The average molecular weight is 538 g/mol. The third-order valence-electron chi connectivity index (χ3n) is 5.08.